The van der Waals surface area contributed by atoms with Gasteiger partial charge in [0.15, 0.2) is 17.6 Å². The molecule has 2 N–H and O–H groups in total. The summed E-state index contributed by atoms with van der Waals surface area (Å²) in [6.07, 6.45) is 1.28. The number of nitrogens with one attached hydrogen (secondary N) is 2. The standard InChI is InChI=1S/C21H25F2N5.HI/c1-15-27-18-9-3-4-10-19(18)28(15)14-6-12-25-21(24-2)26-13-11-16-7-5-8-17(22)20(16)23;/h3-5,7-10H,6,11-14H2,1-2H3,(H2,24,25,26);1H. The number of nitrogens with zero attached hydrogens (tertiary/aromatic N) is 3. The molecule has 0 spiro atoms. The Morgan fingerprint density at radius 1 is 1.07 bits per heavy atom. The van der Waals surface area contributed by atoms with E-state index in [0.29, 0.717) is 24.5 Å². The molecule has 1 aromatic heterocycles. The van der Waals surface area contributed by atoms with Crippen molar-refractivity contribution in [2.75, 3.05) is 20.1 Å². The van der Waals surface area contributed by atoms with Crippen LogP contribution < -0.4 is 10.6 Å². The SMILES string of the molecule is CN=C(NCCCn1c(C)nc2ccccc21)NCCc1cccc(F)c1F.I. The van der Waals surface area contributed by atoms with Crippen LogP contribution in [0.1, 0.15) is 17.8 Å². The van der Waals surface area contributed by atoms with E-state index in [1.165, 1.54) is 6.07 Å². The van der Waals surface area contributed by atoms with Crippen LogP contribution in [0.15, 0.2) is 47.5 Å². The van der Waals surface area contributed by atoms with Crippen LogP contribution in [0.3, 0.4) is 0 Å². The zero-order valence-electron chi connectivity index (χ0n) is 16.6. The number of guanidine groups is 1. The zero-order chi connectivity index (χ0) is 19.9. The van der Waals surface area contributed by atoms with Crippen molar-refractivity contribution in [3.63, 3.8) is 0 Å². The van der Waals surface area contributed by atoms with Crippen molar-refractivity contribution >= 4 is 41.0 Å². The smallest absolute Gasteiger partial charge is 0.190 e. The molecule has 0 aliphatic carbocycles. The quantitative estimate of drug-likeness (QED) is 0.217. The number of halogens is 3. The van der Waals surface area contributed by atoms with Gasteiger partial charge in [-0.25, -0.2) is 13.8 Å². The molecule has 0 saturated carbocycles. The molecule has 5 nitrogen and oxygen atoms in total. The summed E-state index contributed by atoms with van der Waals surface area (Å²) in [5, 5.41) is 6.38. The minimum absolute atomic E-state index is 0. The first kappa shape index (κ1) is 23.1. The molecule has 8 heteroatoms. The van der Waals surface area contributed by atoms with Crippen LogP contribution in [0, 0.1) is 18.6 Å². The molecule has 1 heterocycles. The highest BCUT2D eigenvalue weighted by atomic mass is 127. The summed E-state index contributed by atoms with van der Waals surface area (Å²) in [7, 11) is 1.69. The average molecular weight is 513 g/mol. The number of rotatable bonds is 7. The van der Waals surface area contributed by atoms with Crippen LogP contribution in [-0.4, -0.2) is 35.6 Å². The number of imidazole rings is 1. The van der Waals surface area contributed by atoms with Crippen molar-refractivity contribution < 1.29 is 8.78 Å². The second-order valence-corrected chi connectivity index (χ2v) is 6.54. The molecule has 0 amide bonds. The molecule has 0 fully saturated rings. The van der Waals surface area contributed by atoms with E-state index >= 15 is 0 Å². The number of benzene rings is 2. The summed E-state index contributed by atoms with van der Waals surface area (Å²) >= 11 is 0. The van der Waals surface area contributed by atoms with E-state index in [4.69, 9.17) is 0 Å². The Balaban J connectivity index is 0.00000300. The topological polar surface area (TPSA) is 54.2 Å². The van der Waals surface area contributed by atoms with Gasteiger partial charge in [0.05, 0.1) is 11.0 Å². The zero-order valence-corrected chi connectivity index (χ0v) is 18.9. The Hall–Kier alpha value is -2.23. The van der Waals surface area contributed by atoms with Gasteiger partial charge in [-0.3, -0.25) is 4.99 Å². The minimum Gasteiger partial charge on any atom is -0.356 e. The molecular weight excluding hydrogens is 487 g/mol. The lowest BCUT2D eigenvalue weighted by atomic mass is 10.1. The highest BCUT2D eigenvalue weighted by molar-refractivity contribution is 14.0. The fraction of sp³-hybridized carbons (Fsp3) is 0.333. The maximum atomic E-state index is 13.7. The third-order valence-electron chi connectivity index (χ3n) is 4.64. The number of para-hydroxylation sites is 2. The molecule has 0 radical (unpaired) electrons. The maximum absolute atomic E-state index is 13.7. The highest BCUT2D eigenvalue weighted by Gasteiger charge is 2.08. The molecule has 29 heavy (non-hydrogen) atoms. The van der Waals surface area contributed by atoms with Gasteiger partial charge in [0.25, 0.3) is 0 Å². The van der Waals surface area contributed by atoms with Gasteiger partial charge in [-0.1, -0.05) is 24.3 Å². The molecule has 0 bridgehead atoms. The summed E-state index contributed by atoms with van der Waals surface area (Å²) < 4.78 is 29.1. The number of aromatic nitrogens is 2. The van der Waals surface area contributed by atoms with E-state index in [1.54, 1.807) is 13.1 Å². The fourth-order valence-electron chi connectivity index (χ4n) is 3.20. The molecule has 0 atom stereocenters. The summed E-state index contributed by atoms with van der Waals surface area (Å²) in [4.78, 5) is 8.74. The van der Waals surface area contributed by atoms with Crippen molar-refractivity contribution in [1.29, 1.82) is 0 Å². The predicted octanol–water partition coefficient (Wildman–Crippen LogP) is 4.04. The van der Waals surface area contributed by atoms with E-state index in [0.717, 1.165) is 42.4 Å². The van der Waals surface area contributed by atoms with E-state index in [2.05, 4.69) is 31.2 Å². The lowest BCUT2D eigenvalue weighted by molar-refractivity contribution is 0.498. The molecule has 0 saturated heterocycles. The minimum atomic E-state index is -0.817. The Kier molecular flexibility index (Phi) is 8.81. The van der Waals surface area contributed by atoms with Crippen molar-refractivity contribution in [2.45, 2.75) is 26.3 Å². The first-order valence-corrected chi connectivity index (χ1v) is 9.39. The lowest BCUT2D eigenvalue weighted by Gasteiger charge is -2.13. The molecule has 3 aromatic rings. The van der Waals surface area contributed by atoms with Gasteiger partial charge in [-0.15, -0.1) is 24.0 Å². The van der Waals surface area contributed by atoms with Crippen molar-refractivity contribution in [1.82, 2.24) is 20.2 Å². The van der Waals surface area contributed by atoms with Crippen LogP contribution in [0.25, 0.3) is 11.0 Å². The molecule has 0 aliphatic rings. The summed E-state index contributed by atoms with van der Waals surface area (Å²) in [5.74, 6) is 0.0438. The summed E-state index contributed by atoms with van der Waals surface area (Å²) in [5.41, 5.74) is 2.50. The van der Waals surface area contributed by atoms with Gasteiger partial charge in [0, 0.05) is 26.7 Å². The van der Waals surface area contributed by atoms with Gasteiger partial charge in [-0.05, 0) is 43.5 Å². The number of hydrogen-bond donors (Lipinski definition) is 2. The third-order valence-corrected chi connectivity index (χ3v) is 4.64. The van der Waals surface area contributed by atoms with Crippen LogP contribution in [0.4, 0.5) is 8.78 Å². The predicted molar refractivity (Wildman–Crippen MR) is 124 cm³/mol. The van der Waals surface area contributed by atoms with Crippen LogP contribution in [0.5, 0.6) is 0 Å². The van der Waals surface area contributed by atoms with Crippen LogP contribution in [0.2, 0.25) is 0 Å². The Labute approximate surface area is 186 Å². The molecule has 2 aromatic carbocycles. The molecule has 0 aliphatic heterocycles. The largest absolute Gasteiger partial charge is 0.356 e. The Morgan fingerprint density at radius 2 is 1.83 bits per heavy atom. The van der Waals surface area contributed by atoms with Crippen LogP contribution in [-0.2, 0) is 13.0 Å². The number of fused-ring (bicyclic) bond motifs is 1. The van der Waals surface area contributed by atoms with E-state index in [1.807, 2.05) is 25.1 Å². The van der Waals surface area contributed by atoms with Gasteiger partial charge >= 0.3 is 0 Å². The average Bonchev–Trinajstić information content (AvgIpc) is 3.02. The lowest BCUT2D eigenvalue weighted by Crippen LogP contribution is -2.39. The third kappa shape index (κ3) is 5.88. The van der Waals surface area contributed by atoms with Crippen molar-refractivity contribution in [2.24, 2.45) is 4.99 Å². The Bertz CT molecular complexity index is 971. The molecule has 0 unspecified atom stereocenters. The molecule has 3 rings (SSSR count). The summed E-state index contributed by atoms with van der Waals surface area (Å²) in [6, 6.07) is 12.3. The van der Waals surface area contributed by atoms with Gasteiger partial charge in [0.1, 0.15) is 5.82 Å². The van der Waals surface area contributed by atoms with E-state index in [9.17, 15) is 8.78 Å². The van der Waals surface area contributed by atoms with Crippen molar-refractivity contribution in [3.8, 4) is 0 Å². The number of aryl methyl sites for hydroxylation is 2. The second-order valence-electron chi connectivity index (χ2n) is 6.54. The second kappa shape index (κ2) is 11.1. The number of hydrogen-bond acceptors (Lipinski definition) is 2. The first-order chi connectivity index (χ1) is 13.6. The van der Waals surface area contributed by atoms with E-state index < -0.39 is 11.6 Å². The molecule has 156 valence electrons. The van der Waals surface area contributed by atoms with E-state index in [-0.39, 0.29) is 24.0 Å². The highest BCUT2D eigenvalue weighted by Crippen LogP contribution is 2.15. The van der Waals surface area contributed by atoms with Gasteiger partial charge < -0.3 is 15.2 Å². The van der Waals surface area contributed by atoms with Crippen LogP contribution >= 0.6 is 24.0 Å². The monoisotopic (exact) mass is 513 g/mol. The Morgan fingerprint density at radius 3 is 2.62 bits per heavy atom. The van der Waals surface area contributed by atoms with Crippen molar-refractivity contribution in [3.05, 3.63) is 65.5 Å². The molecular formula is C21H26F2IN5. The van der Waals surface area contributed by atoms with Gasteiger partial charge in [0.2, 0.25) is 0 Å². The fourth-order valence-corrected chi connectivity index (χ4v) is 3.20. The number of aliphatic imine (C=N–C) groups is 1. The maximum Gasteiger partial charge on any atom is 0.190 e. The normalized spacial score (nSPS) is 11.4. The van der Waals surface area contributed by atoms with Gasteiger partial charge in [-0.2, -0.15) is 0 Å². The first-order valence-electron chi connectivity index (χ1n) is 9.39. The summed E-state index contributed by atoms with van der Waals surface area (Å²) in [6.45, 7) is 4.07.